The van der Waals surface area contributed by atoms with E-state index in [1.165, 1.54) is 19.3 Å². The third kappa shape index (κ3) is 4.42. The highest BCUT2D eigenvalue weighted by Gasteiger charge is 2.44. The molecular formula is C14H31NO. The summed E-state index contributed by atoms with van der Waals surface area (Å²) in [6, 6.07) is 0. The van der Waals surface area contributed by atoms with Crippen molar-refractivity contribution in [3.05, 3.63) is 0 Å². The molecule has 1 N–H and O–H groups in total. The third-order valence-electron chi connectivity index (χ3n) is 3.19. The lowest BCUT2D eigenvalue weighted by Crippen LogP contribution is -2.48. The Kier molecular flexibility index (Phi) is 7.25. The van der Waals surface area contributed by atoms with Gasteiger partial charge in [-0.05, 0) is 24.7 Å². The fraction of sp³-hybridized carbons (Fsp3) is 1.00. The van der Waals surface area contributed by atoms with Crippen LogP contribution in [-0.2, 0) is 4.74 Å². The van der Waals surface area contributed by atoms with E-state index < -0.39 is 0 Å². The summed E-state index contributed by atoms with van der Waals surface area (Å²) in [5.41, 5.74) is 0.695. The largest absolute Gasteiger partial charge is 0.372 e. The molecule has 98 valence electrons. The van der Waals surface area contributed by atoms with E-state index in [1.54, 1.807) is 0 Å². The van der Waals surface area contributed by atoms with Gasteiger partial charge in [0.05, 0.1) is 12.2 Å². The van der Waals surface area contributed by atoms with E-state index in [1.807, 2.05) is 27.7 Å². The average Bonchev–Trinajstić information content (AvgIpc) is 2.61. The van der Waals surface area contributed by atoms with Crippen LogP contribution < -0.4 is 5.32 Å². The SMILES string of the molecule is CC.CC.CC1(C)CCC2(CNCCO2)C1. The highest BCUT2D eigenvalue weighted by molar-refractivity contribution is 4.98. The molecule has 2 rings (SSSR count). The van der Waals surface area contributed by atoms with Gasteiger partial charge in [-0.2, -0.15) is 0 Å². The maximum atomic E-state index is 5.90. The molecule has 0 amide bonds. The van der Waals surface area contributed by atoms with Crippen molar-refractivity contribution >= 4 is 0 Å². The molecule has 1 unspecified atom stereocenters. The van der Waals surface area contributed by atoms with E-state index >= 15 is 0 Å². The minimum Gasteiger partial charge on any atom is -0.372 e. The summed E-state index contributed by atoms with van der Waals surface area (Å²) in [7, 11) is 0. The maximum Gasteiger partial charge on any atom is 0.0812 e. The molecule has 1 spiro atoms. The fourth-order valence-electron chi connectivity index (χ4n) is 2.60. The minimum absolute atomic E-state index is 0.196. The van der Waals surface area contributed by atoms with Gasteiger partial charge in [0, 0.05) is 13.1 Å². The van der Waals surface area contributed by atoms with Gasteiger partial charge in [0.15, 0.2) is 0 Å². The summed E-state index contributed by atoms with van der Waals surface area (Å²) in [5.74, 6) is 0. The Labute approximate surface area is 102 Å². The van der Waals surface area contributed by atoms with Crippen LogP contribution in [0, 0.1) is 5.41 Å². The molecule has 16 heavy (non-hydrogen) atoms. The Balaban J connectivity index is 0.000000509. The standard InChI is InChI=1S/C10H19NO.2C2H6/c1-9(2)3-4-10(7-9)8-11-5-6-12-10;2*1-2/h11H,3-8H2,1-2H3;2*1-2H3. The first-order valence-corrected chi connectivity index (χ1v) is 6.97. The Hall–Kier alpha value is -0.0800. The van der Waals surface area contributed by atoms with Gasteiger partial charge in [-0.15, -0.1) is 0 Å². The second-order valence-corrected chi connectivity index (χ2v) is 5.05. The van der Waals surface area contributed by atoms with Crippen LogP contribution in [0.2, 0.25) is 0 Å². The molecule has 1 heterocycles. The molecule has 1 aliphatic heterocycles. The van der Waals surface area contributed by atoms with Crippen LogP contribution in [-0.4, -0.2) is 25.3 Å². The van der Waals surface area contributed by atoms with E-state index in [4.69, 9.17) is 4.74 Å². The summed E-state index contributed by atoms with van der Waals surface area (Å²) in [5, 5.41) is 3.43. The van der Waals surface area contributed by atoms with Crippen molar-refractivity contribution in [2.45, 2.75) is 66.4 Å². The highest BCUT2D eigenvalue weighted by Crippen LogP contribution is 2.45. The van der Waals surface area contributed by atoms with Crippen LogP contribution in [0.15, 0.2) is 0 Å². The van der Waals surface area contributed by atoms with Crippen LogP contribution in [0.5, 0.6) is 0 Å². The quantitative estimate of drug-likeness (QED) is 0.685. The highest BCUT2D eigenvalue weighted by atomic mass is 16.5. The van der Waals surface area contributed by atoms with Gasteiger partial charge in [-0.1, -0.05) is 41.5 Å². The van der Waals surface area contributed by atoms with Gasteiger partial charge in [0.1, 0.15) is 0 Å². The van der Waals surface area contributed by atoms with E-state index in [2.05, 4.69) is 19.2 Å². The lowest BCUT2D eigenvalue weighted by molar-refractivity contribution is -0.0660. The van der Waals surface area contributed by atoms with E-state index in [0.29, 0.717) is 5.41 Å². The van der Waals surface area contributed by atoms with Gasteiger partial charge in [0.2, 0.25) is 0 Å². The van der Waals surface area contributed by atoms with Gasteiger partial charge in [0.25, 0.3) is 0 Å². The Bertz CT molecular complexity index is 172. The first kappa shape index (κ1) is 15.9. The number of rotatable bonds is 0. The zero-order valence-corrected chi connectivity index (χ0v) is 12.2. The van der Waals surface area contributed by atoms with Crippen molar-refractivity contribution in [1.82, 2.24) is 5.32 Å². The smallest absolute Gasteiger partial charge is 0.0812 e. The van der Waals surface area contributed by atoms with Crippen LogP contribution >= 0.6 is 0 Å². The summed E-state index contributed by atoms with van der Waals surface area (Å²) >= 11 is 0. The molecule has 1 aliphatic carbocycles. The van der Waals surface area contributed by atoms with Crippen molar-refractivity contribution in [2.24, 2.45) is 5.41 Å². The topological polar surface area (TPSA) is 21.3 Å². The van der Waals surface area contributed by atoms with E-state index in [-0.39, 0.29) is 5.60 Å². The second-order valence-electron chi connectivity index (χ2n) is 5.05. The molecule has 2 aliphatic rings. The summed E-state index contributed by atoms with van der Waals surface area (Å²) in [6.07, 6.45) is 3.79. The zero-order valence-electron chi connectivity index (χ0n) is 12.2. The van der Waals surface area contributed by atoms with Crippen LogP contribution in [0.25, 0.3) is 0 Å². The molecular weight excluding hydrogens is 198 g/mol. The number of morpholine rings is 1. The van der Waals surface area contributed by atoms with Crippen LogP contribution in [0.3, 0.4) is 0 Å². The molecule has 2 nitrogen and oxygen atoms in total. The normalized spacial score (nSPS) is 31.1. The summed E-state index contributed by atoms with van der Waals surface area (Å²) in [6.45, 7) is 15.7. The number of nitrogens with one attached hydrogen (secondary N) is 1. The molecule has 0 aromatic rings. The van der Waals surface area contributed by atoms with Crippen LogP contribution in [0.4, 0.5) is 0 Å². The van der Waals surface area contributed by atoms with Crippen molar-refractivity contribution in [3.63, 3.8) is 0 Å². The fourth-order valence-corrected chi connectivity index (χ4v) is 2.60. The maximum absolute atomic E-state index is 5.90. The molecule has 1 atom stereocenters. The molecule has 2 heteroatoms. The average molecular weight is 229 g/mol. The molecule has 0 radical (unpaired) electrons. The number of hydrogen-bond donors (Lipinski definition) is 1. The first-order chi connectivity index (χ1) is 7.62. The lowest BCUT2D eigenvalue weighted by atomic mass is 9.89. The van der Waals surface area contributed by atoms with Gasteiger partial charge >= 0.3 is 0 Å². The molecule has 1 saturated heterocycles. The third-order valence-corrected chi connectivity index (χ3v) is 3.19. The predicted octanol–water partition coefficient (Wildman–Crippen LogP) is 3.61. The molecule has 2 fully saturated rings. The van der Waals surface area contributed by atoms with Crippen molar-refractivity contribution < 1.29 is 4.74 Å². The Morgan fingerprint density at radius 3 is 2.00 bits per heavy atom. The lowest BCUT2D eigenvalue weighted by Gasteiger charge is -2.35. The van der Waals surface area contributed by atoms with Crippen molar-refractivity contribution in [3.8, 4) is 0 Å². The summed E-state index contributed by atoms with van der Waals surface area (Å²) in [4.78, 5) is 0. The molecule has 1 saturated carbocycles. The summed E-state index contributed by atoms with van der Waals surface area (Å²) < 4.78 is 5.90. The monoisotopic (exact) mass is 229 g/mol. The van der Waals surface area contributed by atoms with Crippen LogP contribution in [0.1, 0.15) is 60.8 Å². The first-order valence-electron chi connectivity index (χ1n) is 6.97. The Morgan fingerprint density at radius 2 is 1.62 bits per heavy atom. The van der Waals surface area contributed by atoms with E-state index in [0.717, 1.165) is 19.7 Å². The van der Waals surface area contributed by atoms with E-state index in [9.17, 15) is 0 Å². The zero-order chi connectivity index (χ0) is 12.7. The van der Waals surface area contributed by atoms with Crippen molar-refractivity contribution in [2.75, 3.05) is 19.7 Å². The number of ether oxygens (including phenoxy) is 1. The minimum atomic E-state index is 0.196. The second kappa shape index (κ2) is 7.29. The molecule has 0 aromatic carbocycles. The number of hydrogen-bond acceptors (Lipinski definition) is 2. The molecule has 0 aromatic heterocycles. The van der Waals surface area contributed by atoms with Gasteiger partial charge in [-0.25, -0.2) is 0 Å². The van der Waals surface area contributed by atoms with Crippen molar-refractivity contribution in [1.29, 1.82) is 0 Å². The Morgan fingerprint density at radius 1 is 1.00 bits per heavy atom. The van der Waals surface area contributed by atoms with Gasteiger partial charge in [-0.3, -0.25) is 0 Å². The predicted molar refractivity (Wildman–Crippen MR) is 71.9 cm³/mol. The molecule has 0 bridgehead atoms. The van der Waals surface area contributed by atoms with Gasteiger partial charge < -0.3 is 10.1 Å².